The minimum atomic E-state index is -0.510. The quantitative estimate of drug-likeness (QED) is 0.349. The second-order valence-corrected chi connectivity index (χ2v) is 6.41. The first kappa shape index (κ1) is 17.5. The van der Waals surface area contributed by atoms with Crippen LogP contribution in [0.15, 0.2) is 53.6 Å². The highest BCUT2D eigenvalue weighted by Gasteiger charge is 2.16. The van der Waals surface area contributed by atoms with Crippen LogP contribution in [0.4, 0.5) is 11.4 Å². The number of nitro benzene ring substituents is 1. The maximum atomic E-state index is 12.7. The summed E-state index contributed by atoms with van der Waals surface area (Å²) >= 11 is 1.22. The predicted molar refractivity (Wildman–Crippen MR) is 99.3 cm³/mol. The molecule has 8 nitrogen and oxygen atoms in total. The van der Waals surface area contributed by atoms with Crippen LogP contribution in [0.2, 0.25) is 0 Å². The van der Waals surface area contributed by atoms with Crippen molar-refractivity contribution in [2.75, 3.05) is 11.1 Å². The van der Waals surface area contributed by atoms with Gasteiger partial charge in [-0.3, -0.25) is 19.7 Å². The van der Waals surface area contributed by atoms with E-state index in [9.17, 15) is 19.7 Å². The van der Waals surface area contributed by atoms with E-state index in [-0.39, 0.29) is 11.4 Å². The van der Waals surface area contributed by atoms with Gasteiger partial charge in [-0.25, -0.2) is 0 Å². The van der Waals surface area contributed by atoms with Gasteiger partial charge in [-0.15, -0.1) is 11.8 Å². The molecule has 2 aromatic carbocycles. The number of nitrogens with zero attached hydrogens (tertiary/aromatic N) is 1. The molecule has 4 N–H and O–H groups in total. The molecule has 0 radical (unpaired) electrons. The van der Waals surface area contributed by atoms with Crippen LogP contribution >= 0.6 is 11.8 Å². The number of non-ortho nitro benzene ring substituents is 1. The number of para-hydroxylation sites is 1. The second kappa shape index (κ2) is 7.28. The molecule has 2 amide bonds. The molecule has 132 valence electrons. The lowest BCUT2D eigenvalue weighted by atomic mass is 10.1. The van der Waals surface area contributed by atoms with Crippen molar-refractivity contribution in [1.82, 2.24) is 4.98 Å². The molecular weight excluding hydrogens is 356 g/mol. The van der Waals surface area contributed by atoms with Crippen molar-refractivity contribution >= 4 is 45.9 Å². The molecule has 3 rings (SSSR count). The minimum Gasteiger partial charge on any atom is -0.369 e. The normalized spacial score (nSPS) is 10.6. The Hall–Kier alpha value is -3.33. The Morgan fingerprint density at radius 3 is 2.73 bits per heavy atom. The summed E-state index contributed by atoms with van der Waals surface area (Å²) in [5.74, 6) is -0.782. The van der Waals surface area contributed by atoms with Gasteiger partial charge in [0.1, 0.15) is 0 Å². The number of thioether (sulfide) groups is 1. The van der Waals surface area contributed by atoms with Gasteiger partial charge in [-0.2, -0.15) is 0 Å². The van der Waals surface area contributed by atoms with Gasteiger partial charge in [0.05, 0.1) is 21.9 Å². The number of fused-ring (bicyclic) bond motifs is 1. The average molecular weight is 370 g/mol. The lowest BCUT2D eigenvalue weighted by molar-refractivity contribution is -0.384. The number of carbonyl (C=O) groups is 2. The molecule has 0 aliphatic rings. The summed E-state index contributed by atoms with van der Waals surface area (Å²) in [6.45, 7) is 0. The van der Waals surface area contributed by atoms with Crippen molar-refractivity contribution in [3.63, 3.8) is 0 Å². The van der Waals surface area contributed by atoms with Crippen molar-refractivity contribution in [2.45, 2.75) is 4.90 Å². The number of amides is 2. The van der Waals surface area contributed by atoms with Gasteiger partial charge in [0.25, 0.3) is 11.6 Å². The fourth-order valence-corrected chi connectivity index (χ4v) is 3.19. The maximum Gasteiger partial charge on any atom is 0.270 e. The number of nitro groups is 1. The molecule has 0 saturated carbocycles. The Labute approximate surface area is 151 Å². The number of carbonyl (C=O) groups excluding carboxylic acids is 2. The lowest BCUT2D eigenvalue weighted by Gasteiger charge is -2.09. The SMILES string of the molecule is NC(=O)CSc1ccccc1NC(=O)c1c[nH]c2ccc([N+](=O)[O-])cc12. The molecule has 26 heavy (non-hydrogen) atoms. The van der Waals surface area contributed by atoms with E-state index in [4.69, 9.17) is 5.73 Å². The molecular formula is C17H14N4O4S. The fraction of sp³-hybridized carbons (Fsp3) is 0.0588. The smallest absolute Gasteiger partial charge is 0.270 e. The Morgan fingerprint density at radius 1 is 1.23 bits per heavy atom. The van der Waals surface area contributed by atoms with Gasteiger partial charge >= 0.3 is 0 Å². The van der Waals surface area contributed by atoms with Gasteiger partial charge in [0.15, 0.2) is 0 Å². The third-order valence-corrected chi connectivity index (χ3v) is 4.72. The van der Waals surface area contributed by atoms with E-state index in [0.717, 1.165) is 0 Å². The standard InChI is InChI=1S/C17H14N4O4S/c18-16(22)9-26-15-4-2-1-3-14(15)20-17(23)12-8-19-13-6-5-10(21(24)25)7-11(12)13/h1-8,19H,9H2,(H2,18,22)(H,20,23). The second-order valence-electron chi connectivity index (χ2n) is 5.39. The number of aromatic nitrogens is 1. The molecule has 0 spiro atoms. The van der Waals surface area contributed by atoms with Crippen LogP contribution in [0, 0.1) is 10.1 Å². The molecule has 0 fully saturated rings. The highest BCUT2D eigenvalue weighted by Crippen LogP contribution is 2.29. The molecule has 0 unspecified atom stereocenters. The topological polar surface area (TPSA) is 131 Å². The van der Waals surface area contributed by atoms with Crippen molar-refractivity contribution in [2.24, 2.45) is 5.73 Å². The number of nitrogens with one attached hydrogen (secondary N) is 2. The Morgan fingerprint density at radius 2 is 2.00 bits per heavy atom. The Bertz CT molecular complexity index is 1010. The van der Waals surface area contributed by atoms with Gasteiger partial charge < -0.3 is 16.0 Å². The van der Waals surface area contributed by atoms with Gasteiger partial charge in [0, 0.05) is 34.1 Å². The summed E-state index contributed by atoms with van der Waals surface area (Å²) in [7, 11) is 0. The van der Waals surface area contributed by atoms with Gasteiger partial charge in [-0.1, -0.05) is 12.1 Å². The molecule has 1 heterocycles. The summed E-state index contributed by atoms with van der Waals surface area (Å²) in [5, 5.41) is 14.2. The largest absolute Gasteiger partial charge is 0.369 e. The summed E-state index contributed by atoms with van der Waals surface area (Å²) in [6.07, 6.45) is 1.50. The Balaban J connectivity index is 1.89. The van der Waals surface area contributed by atoms with Crippen molar-refractivity contribution in [3.05, 3.63) is 64.3 Å². The van der Waals surface area contributed by atoms with Gasteiger partial charge in [0.2, 0.25) is 5.91 Å². The fourth-order valence-electron chi connectivity index (χ4n) is 2.44. The predicted octanol–water partition coefficient (Wildman–Crippen LogP) is 2.91. The number of nitrogens with two attached hydrogens (primary N) is 1. The molecule has 0 atom stereocenters. The molecule has 0 aliphatic carbocycles. The summed E-state index contributed by atoms with van der Waals surface area (Å²) < 4.78 is 0. The number of aromatic amines is 1. The molecule has 3 aromatic rings. The highest BCUT2D eigenvalue weighted by atomic mass is 32.2. The lowest BCUT2D eigenvalue weighted by Crippen LogP contribution is -2.14. The number of benzene rings is 2. The van der Waals surface area contributed by atoms with E-state index >= 15 is 0 Å². The third kappa shape index (κ3) is 3.67. The zero-order valence-corrected chi connectivity index (χ0v) is 14.2. The Kier molecular flexibility index (Phi) is 4.90. The molecule has 9 heteroatoms. The van der Waals surface area contributed by atoms with E-state index in [1.807, 2.05) is 0 Å². The third-order valence-electron chi connectivity index (χ3n) is 3.63. The summed E-state index contributed by atoms with van der Waals surface area (Å²) in [4.78, 5) is 37.7. The minimum absolute atomic E-state index is 0.0894. The van der Waals surface area contributed by atoms with Crippen LogP contribution in [0.3, 0.4) is 0 Å². The van der Waals surface area contributed by atoms with Crippen molar-refractivity contribution in [3.8, 4) is 0 Å². The maximum absolute atomic E-state index is 12.7. The zero-order chi connectivity index (χ0) is 18.7. The van der Waals surface area contributed by atoms with Crippen LogP contribution in [0.5, 0.6) is 0 Å². The van der Waals surface area contributed by atoms with Crippen LogP contribution in [0.25, 0.3) is 10.9 Å². The zero-order valence-electron chi connectivity index (χ0n) is 13.4. The highest BCUT2D eigenvalue weighted by molar-refractivity contribution is 8.00. The van der Waals surface area contributed by atoms with E-state index in [0.29, 0.717) is 27.0 Å². The first-order valence-electron chi connectivity index (χ1n) is 7.52. The van der Waals surface area contributed by atoms with E-state index in [1.165, 1.54) is 30.1 Å². The van der Waals surface area contributed by atoms with Crippen LogP contribution in [-0.4, -0.2) is 27.5 Å². The first-order valence-corrected chi connectivity index (χ1v) is 8.51. The first-order chi connectivity index (χ1) is 12.5. The van der Waals surface area contributed by atoms with Crippen LogP contribution in [0.1, 0.15) is 10.4 Å². The van der Waals surface area contributed by atoms with E-state index in [2.05, 4.69) is 10.3 Å². The number of hydrogen-bond donors (Lipinski definition) is 3. The summed E-state index contributed by atoms with van der Waals surface area (Å²) in [6, 6.07) is 11.3. The summed E-state index contributed by atoms with van der Waals surface area (Å²) in [5.41, 5.74) is 6.51. The number of H-pyrrole nitrogens is 1. The number of anilines is 1. The number of rotatable bonds is 6. The molecule has 0 aliphatic heterocycles. The molecule has 1 aromatic heterocycles. The molecule has 0 saturated heterocycles. The van der Waals surface area contributed by atoms with Gasteiger partial charge in [-0.05, 0) is 18.2 Å². The number of primary amides is 1. The van der Waals surface area contributed by atoms with Crippen molar-refractivity contribution < 1.29 is 14.5 Å². The monoisotopic (exact) mass is 370 g/mol. The average Bonchev–Trinajstić information content (AvgIpc) is 3.04. The van der Waals surface area contributed by atoms with Crippen LogP contribution < -0.4 is 11.1 Å². The van der Waals surface area contributed by atoms with Crippen LogP contribution in [-0.2, 0) is 4.79 Å². The number of hydrogen-bond acceptors (Lipinski definition) is 5. The van der Waals surface area contributed by atoms with E-state index in [1.54, 1.807) is 30.3 Å². The molecule has 0 bridgehead atoms. The van der Waals surface area contributed by atoms with Crippen molar-refractivity contribution in [1.29, 1.82) is 0 Å². The van der Waals surface area contributed by atoms with E-state index < -0.39 is 16.7 Å².